The van der Waals surface area contributed by atoms with Crippen molar-refractivity contribution >= 4 is 0 Å². The van der Waals surface area contributed by atoms with Crippen molar-refractivity contribution in [2.75, 3.05) is 7.11 Å². The first-order valence-corrected chi connectivity index (χ1v) is 4.12. The molecule has 0 heterocycles. The summed E-state index contributed by atoms with van der Waals surface area (Å²) in [5.74, 6) is 1.29. The van der Waals surface area contributed by atoms with Gasteiger partial charge in [-0.15, -0.1) is 0 Å². The molecule has 0 aliphatic heterocycles. The van der Waals surface area contributed by atoms with Gasteiger partial charge in [-0.05, 0) is 37.0 Å². The van der Waals surface area contributed by atoms with E-state index in [2.05, 4.69) is 26.0 Å². The van der Waals surface area contributed by atoms with E-state index in [1.54, 1.807) is 7.11 Å². The summed E-state index contributed by atoms with van der Waals surface area (Å²) in [7, 11) is 1.69. The van der Waals surface area contributed by atoms with Gasteiger partial charge in [-0.1, -0.05) is 19.1 Å². The Morgan fingerprint density at radius 2 is 2.08 bits per heavy atom. The van der Waals surface area contributed by atoms with Crippen LogP contribution < -0.4 is 4.74 Å². The summed E-state index contributed by atoms with van der Waals surface area (Å²) in [6, 6.07) is 6.17. The molecule has 0 amide bonds. The summed E-state index contributed by atoms with van der Waals surface area (Å²) < 4.78 is 5.16. The van der Waals surface area contributed by atoms with Crippen LogP contribution in [-0.4, -0.2) is 7.11 Å². The highest BCUT2D eigenvalue weighted by atomic mass is 16.5. The average Bonchev–Trinajstić information content (AvgIpc) is 2.04. The Balaban J connectivity index is 3.02. The van der Waals surface area contributed by atoms with Gasteiger partial charge in [-0.2, -0.15) is 0 Å². The largest absolute Gasteiger partial charge is 0.496 e. The lowest BCUT2D eigenvalue weighted by molar-refractivity contribution is 0.411. The molecular weight excluding hydrogens is 148 g/mol. The van der Waals surface area contributed by atoms with Gasteiger partial charge in [0.05, 0.1) is 7.11 Å². The molecule has 1 rings (SSSR count). The first kappa shape index (κ1) is 9.11. The smallest absolute Gasteiger partial charge is 0.121 e. The minimum Gasteiger partial charge on any atom is -0.496 e. The second kappa shape index (κ2) is 3.61. The van der Waals surface area contributed by atoms with Crippen molar-refractivity contribution in [3.63, 3.8) is 0 Å². The molecule has 1 heteroatoms. The van der Waals surface area contributed by atoms with Crippen LogP contribution in [0.25, 0.3) is 0 Å². The van der Waals surface area contributed by atoms with Crippen molar-refractivity contribution in [2.24, 2.45) is 0 Å². The molecule has 1 nitrogen and oxygen atoms in total. The lowest BCUT2D eigenvalue weighted by Crippen LogP contribution is -1.91. The SMILES string of the molecule is [CH2]C(C)c1ccc(OC)c(C)c1. The van der Waals surface area contributed by atoms with Crippen molar-refractivity contribution < 1.29 is 4.74 Å². The highest BCUT2D eigenvalue weighted by Gasteiger charge is 2.02. The van der Waals surface area contributed by atoms with E-state index in [9.17, 15) is 0 Å². The number of methoxy groups -OCH3 is 1. The Hall–Kier alpha value is -0.980. The minimum atomic E-state index is 0.342. The summed E-state index contributed by atoms with van der Waals surface area (Å²) in [6.07, 6.45) is 0. The summed E-state index contributed by atoms with van der Waals surface area (Å²) in [5, 5.41) is 0. The van der Waals surface area contributed by atoms with Crippen LogP contribution >= 0.6 is 0 Å². The molecule has 1 atom stereocenters. The molecule has 1 unspecified atom stereocenters. The second-order valence-electron chi connectivity index (χ2n) is 3.13. The highest BCUT2D eigenvalue weighted by molar-refractivity contribution is 5.37. The average molecular weight is 163 g/mol. The van der Waals surface area contributed by atoms with Gasteiger partial charge >= 0.3 is 0 Å². The lowest BCUT2D eigenvalue weighted by atomic mass is 10.0. The van der Waals surface area contributed by atoms with Crippen molar-refractivity contribution in [1.29, 1.82) is 0 Å². The van der Waals surface area contributed by atoms with Gasteiger partial charge in [0.1, 0.15) is 5.75 Å². The first-order valence-electron chi connectivity index (χ1n) is 4.12. The van der Waals surface area contributed by atoms with E-state index in [-0.39, 0.29) is 0 Å². The Bertz CT molecular complexity index is 264. The Kier molecular flexibility index (Phi) is 2.74. The summed E-state index contributed by atoms with van der Waals surface area (Å²) in [5.41, 5.74) is 2.43. The van der Waals surface area contributed by atoms with Gasteiger partial charge in [0.25, 0.3) is 0 Å². The van der Waals surface area contributed by atoms with E-state index >= 15 is 0 Å². The second-order valence-corrected chi connectivity index (χ2v) is 3.13. The topological polar surface area (TPSA) is 9.23 Å². The molecule has 65 valence electrons. The molecule has 0 aliphatic carbocycles. The van der Waals surface area contributed by atoms with Crippen molar-refractivity contribution in [1.82, 2.24) is 0 Å². The summed E-state index contributed by atoms with van der Waals surface area (Å²) in [6.45, 7) is 8.10. The van der Waals surface area contributed by atoms with E-state index in [1.165, 1.54) is 11.1 Å². The zero-order chi connectivity index (χ0) is 9.14. The lowest BCUT2D eigenvalue weighted by Gasteiger charge is -2.09. The molecule has 1 radical (unpaired) electrons. The number of ether oxygens (including phenoxy) is 1. The Morgan fingerprint density at radius 1 is 1.42 bits per heavy atom. The predicted octanol–water partition coefficient (Wildman–Crippen LogP) is 2.94. The van der Waals surface area contributed by atoms with Crippen LogP contribution in [0.2, 0.25) is 0 Å². The third kappa shape index (κ3) is 1.79. The zero-order valence-electron chi connectivity index (χ0n) is 7.92. The van der Waals surface area contributed by atoms with E-state index in [0.29, 0.717) is 5.92 Å². The summed E-state index contributed by atoms with van der Waals surface area (Å²) in [4.78, 5) is 0. The molecule has 0 spiro atoms. The van der Waals surface area contributed by atoms with E-state index in [0.717, 1.165) is 5.75 Å². The number of aryl methyl sites for hydroxylation is 1. The molecule has 1 aromatic carbocycles. The Labute approximate surface area is 74.4 Å². The Morgan fingerprint density at radius 3 is 2.50 bits per heavy atom. The fraction of sp³-hybridized carbons (Fsp3) is 0.364. The molecule has 1 aromatic rings. The van der Waals surface area contributed by atoms with E-state index < -0.39 is 0 Å². The van der Waals surface area contributed by atoms with Gasteiger partial charge in [0.2, 0.25) is 0 Å². The summed E-state index contributed by atoms with van der Waals surface area (Å²) >= 11 is 0. The normalized spacial score (nSPS) is 10.4. The number of benzene rings is 1. The first-order chi connectivity index (χ1) is 5.65. The maximum Gasteiger partial charge on any atom is 0.121 e. The zero-order valence-corrected chi connectivity index (χ0v) is 7.92. The molecule has 12 heavy (non-hydrogen) atoms. The van der Waals surface area contributed by atoms with Crippen LogP contribution in [-0.2, 0) is 0 Å². The van der Waals surface area contributed by atoms with Gasteiger partial charge in [-0.25, -0.2) is 0 Å². The third-order valence-electron chi connectivity index (χ3n) is 1.99. The third-order valence-corrected chi connectivity index (χ3v) is 1.99. The standard InChI is InChI=1S/C11H15O/c1-8(2)10-5-6-11(12-4)9(3)7-10/h5-8H,1H2,2-4H3. The molecule has 0 aromatic heterocycles. The fourth-order valence-corrected chi connectivity index (χ4v) is 1.21. The van der Waals surface area contributed by atoms with Crippen LogP contribution in [0.15, 0.2) is 18.2 Å². The number of rotatable bonds is 2. The molecule has 0 saturated carbocycles. The number of hydrogen-bond acceptors (Lipinski definition) is 1. The van der Waals surface area contributed by atoms with E-state index in [1.807, 2.05) is 13.0 Å². The van der Waals surface area contributed by atoms with Gasteiger partial charge in [0.15, 0.2) is 0 Å². The van der Waals surface area contributed by atoms with Gasteiger partial charge in [-0.3, -0.25) is 0 Å². The van der Waals surface area contributed by atoms with Gasteiger partial charge in [0, 0.05) is 0 Å². The maximum absolute atomic E-state index is 5.16. The van der Waals surface area contributed by atoms with Crippen LogP contribution in [0, 0.1) is 13.8 Å². The van der Waals surface area contributed by atoms with Crippen LogP contribution in [0.1, 0.15) is 24.0 Å². The van der Waals surface area contributed by atoms with Crippen LogP contribution in [0.5, 0.6) is 5.75 Å². The molecule has 0 aliphatic rings. The van der Waals surface area contributed by atoms with Crippen molar-refractivity contribution in [3.8, 4) is 5.75 Å². The number of hydrogen-bond donors (Lipinski definition) is 0. The minimum absolute atomic E-state index is 0.342. The molecule has 0 N–H and O–H groups in total. The van der Waals surface area contributed by atoms with Crippen LogP contribution in [0.4, 0.5) is 0 Å². The molecule has 0 fully saturated rings. The maximum atomic E-state index is 5.16. The predicted molar refractivity (Wildman–Crippen MR) is 51.5 cm³/mol. The highest BCUT2D eigenvalue weighted by Crippen LogP contribution is 2.22. The monoisotopic (exact) mass is 163 g/mol. The quantitative estimate of drug-likeness (QED) is 0.651. The van der Waals surface area contributed by atoms with E-state index in [4.69, 9.17) is 4.74 Å². The van der Waals surface area contributed by atoms with Crippen molar-refractivity contribution in [2.45, 2.75) is 19.8 Å². The van der Waals surface area contributed by atoms with Crippen molar-refractivity contribution in [3.05, 3.63) is 36.2 Å². The van der Waals surface area contributed by atoms with Gasteiger partial charge < -0.3 is 4.74 Å². The fourth-order valence-electron chi connectivity index (χ4n) is 1.21. The molecule has 0 bridgehead atoms. The molecular formula is C11H15O. The molecule has 0 saturated heterocycles. The van der Waals surface area contributed by atoms with Crippen LogP contribution in [0.3, 0.4) is 0 Å².